The Morgan fingerprint density at radius 1 is 1.09 bits per heavy atom. The molecule has 3 heterocycles. The Bertz CT molecular complexity index is 1390. The second kappa shape index (κ2) is 9.42. The van der Waals surface area contributed by atoms with Gasteiger partial charge in [-0.15, -0.1) is 5.10 Å². The topological polar surface area (TPSA) is 134 Å². The largest absolute Gasteiger partial charge is 0.434 e. The molecule has 5 rings (SSSR count). The molecule has 34 heavy (non-hydrogen) atoms. The molecule has 12 heteroatoms. The van der Waals surface area contributed by atoms with Crippen molar-refractivity contribution in [2.75, 3.05) is 5.32 Å². The SMILES string of the molecule is O=[N+]([O-])c1c(NCc2ccc(-c3csnn3)cc2)ncnc1Oc1ccc(-n2ccnc2)cc1. The summed E-state index contributed by atoms with van der Waals surface area (Å²) < 4.78 is 11.4. The van der Waals surface area contributed by atoms with Crippen LogP contribution in [0.2, 0.25) is 0 Å². The lowest BCUT2D eigenvalue weighted by Crippen LogP contribution is -2.07. The zero-order valence-electron chi connectivity index (χ0n) is 17.5. The lowest BCUT2D eigenvalue weighted by Gasteiger charge is -2.10. The fraction of sp³-hybridized carbons (Fsp3) is 0.0455. The van der Waals surface area contributed by atoms with Crippen LogP contribution >= 0.6 is 11.5 Å². The van der Waals surface area contributed by atoms with Crippen LogP contribution in [0, 0.1) is 10.1 Å². The summed E-state index contributed by atoms with van der Waals surface area (Å²) in [6, 6.07) is 14.7. The van der Waals surface area contributed by atoms with E-state index in [9.17, 15) is 10.1 Å². The van der Waals surface area contributed by atoms with Crippen LogP contribution in [-0.2, 0) is 6.54 Å². The van der Waals surface area contributed by atoms with Crippen molar-refractivity contribution >= 4 is 23.0 Å². The highest BCUT2D eigenvalue weighted by Crippen LogP contribution is 2.34. The van der Waals surface area contributed by atoms with E-state index in [-0.39, 0.29) is 17.4 Å². The summed E-state index contributed by atoms with van der Waals surface area (Å²) in [5.41, 5.74) is 3.20. The molecule has 3 aromatic heterocycles. The molecule has 5 aromatic rings. The van der Waals surface area contributed by atoms with E-state index in [1.54, 1.807) is 24.7 Å². The Morgan fingerprint density at radius 3 is 2.59 bits per heavy atom. The van der Waals surface area contributed by atoms with Gasteiger partial charge in [0.05, 0.1) is 11.3 Å². The number of anilines is 1. The number of nitrogens with one attached hydrogen (secondary N) is 1. The second-order valence-corrected chi connectivity index (χ2v) is 7.65. The molecule has 0 radical (unpaired) electrons. The van der Waals surface area contributed by atoms with Crippen molar-refractivity contribution < 1.29 is 9.66 Å². The summed E-state index contributed by atoms with van der Waals surface area (Å²) in [6.45, 7) is 0.326. The molecule has 0 aliphatic heterocycles. The monoisotopic (exact) mass is 472 g/mol. The molecule has 0 amide bonds. The number of hydrogen-bond donors (Lipinski definition) is 1. The number of hydrogen-bond acceptors (Lipinski definition) is 10. The fourth-order valence-corrected chi connectivity index (χ4v) is 3.68. The van der Waals surface area contributed by atoms with E-state index in [1.807, 2.05) is 52.5 Å². The average Bonchev–Trinajstić information content (AvgIpc) is 3.58. The van der Waals surface area contributed by atoms with Crippen molar-refractivity contribution in [1.82, 2.24) is 29.1 Å². The Balaban J connectivity index is 1.32. The third kappa shape index (κ3) is 4.56. The van der Waals surface area contributed by atoms with Gasteiger partial charge in [0.1, 0.15) is 17.8 Å². The molecule has 0 bridgehead atoms. The van der Waals surface area contributed by atoms with E-state index in [0.717, 1.165) is 22.5 Å². The molecular formula is C22H16N8O3S. The molecule has 0 unspecified atom stereocenters. The van der Waals surface area contributed by atoms with Gasteiger partial charge in [-0.3, -0.25) is 10.1 Å². The molecule has 168 valence electrons. The smallest absolute Gasteiger partial charge is 0.373 e. The highest BCUT2D eigenvalue weighted by molar-refractivity contribution is 7.03. The minimum atomic E-state index is -0.560. The minimum Gasteiger partial charge on any atom is -0.434 e. The molecule has 2 aromatic carbocycles. The molecular weight excluding hydrogens is 456 g/mol. The normalized spacial score (nSPS) is 10.7. The third-order valence-electron chi connectivity index (χ3n) is 4.89. The molecule has 0 fully saturated rings. The highest BCUT2D eigenvalue weighted by atomic mass is 32.1. The Morgan fingerprint density at radius 2 is 1.91 bits per heavy atom. The Kier molecular flexibility index (Phi) is 5.86. The van der Waals surface area contributed by atoms with Crippen molar-refractivity contribution in [3.8, 4) is 28.6 Å². The van der Waals surface area contributed by atoms with Gasteiger partial charge in [-0.1, -0.05) is 28.8 Å². The van der Waals surface area contributed by atoms with Crippen molar-refractivity contribution in [3.63, 3.8) is 0 Å². The maximum absolute atomic E-state index is 11.8. The van der Waals surface area contributed by atoms with Gasteiger partial charge < -0.3 is 14.6 Å². The predicted molar refractivity (Wildman–Crippen MR) is 125 cm³/mol. The molecule has 1 N–H and O–H groups in total. The van der Waals surface area contributed by atoms with Crippen LogP contribution in [0.1, 0.15) is 5.56 Å². The molecule has 0 aliphatic rings. The summed E-state index contributed by atoms with van der Waals surface area (Å²) in [6.07, 6.45) is 6.39. The number of aromatic nitrogens is 6. The Labute approximate surface area is 197 Å². The molecule has 0 aliphatic carbocycles. The van der Waals surface area contributed by atoms with E-state index in [1.165, 1.54) is 17.9 Å². The van der Waals surface area contributed by atoms with Gasteiger partial charge in [0.15, 0.2) is 0 Å². The molecule has 0 saturated carbocycles. The van der Waals surface area contributed by atoms with Crippen LogP contribution in [0.15, 0.2) is 79.0 Å². The van der Waals surface area contributed by atoms with E-state index in [2.05, 4.69) is 29.9 Å². The molecule has 0 spiro atoms. The van der Waals surface area contributed by atoms with Crippen LogP contribution in [-0.4, -0.2) is 34.0 Å². The predicted octanol–water partition coefficient (Wildman–Crippen LogP) is 4.49. The first kappa shape index (κ1) is 21.2. The first-order valence-corrected chi connectivity index (χ1v) is 10.9. The minimum absolute atomic E-state index is 0.0674. The zero-order valence-corrected chi connectivity index (χ0v) is 18.3. The summed E-state index contributed by atoms with van der Waals surface area (Å²) in [4.78, 5) is 23.3. The van der Waals surface area contributed by atoms with Gasteiger partial charge in [0.25, 0.3) is 0 Å². The molecule has 0 saturated heterocycles. The maximum atomic E-state index is 11.8. The quantitative estimate of drug-likeness (QED) is 0.256. The summed E-state index contributed by atoms with van der Waals surface area (Å²) in [7, 11) is 0. The van der Waals surface area contributed by atoms with Crippen LogP contribution in [0.25, 0.3) is 16.9 Å². The van der Waals surface area contributed by atoms with Crippen LogP contribution in [0.5, 0.6) is 11.6 Å². The fourth-order valence-electron chi connectivity index (χ4n) is 3.21. The van der Waals surface area contributed by atoms with Crippen molar-refractivity contribution in [2.45, 2.75) is 6.54 Å². The second-order valence-electron chi connectivity index (χ2n) is 7.04. The van der Waals surface area contributed by atoms with Gasteiger partial charge in [-0.2, -0.15) is 4.98 Å². The number of ether oxygens (including phenoxy) is 1. The number of nitrogens with zero attached hydrogens (tertiary/aromatic N) is 7. The summed E-state index contributed by atoms with van der Waals surface area (Å²) in [5, 5.41) is 20.7. The van der Waals surface area contributed by atoms with Crippen LogP contribution < -0.4 is 10.1 Å². The summed E-state index contributed by atoms with van der Waals surface area (Å²) >= 11 is 1.29. The van der Waals surface area contributed by atoms with Gasteiger partial charge in [0, 0.05) is 35.6 Å². The van der Waals surface area contributed by atoms with Gasteiger partial charge in [-0.05, 0) is 41.4 Å². The number of nitro groups is 1. The van der Waals surface area contributed by atoms with Crippen LogP contribution in [0.3, 0.4) is 0 Å². The zero-order chi connectivity index (χ0) is 23.3. The molecule has 11 nitrogen and oxygen atoms in total. The first-order valence-electron chi connectivity index (χ1n) is 10.0. The third-order valence-corrected chi connectivity index (χ3v) is 5.40. The first-order chi connectivity index (χ1) is 16.7. The van der Waals surface area contributed by atoms with Crippen molar-refractivity contribution in [2.24, 2.45) is 0 Å². The van der Waals surface area contributed by atoms with Gasteiger partial charge in [-0.25, -0.2) is 9.97 Å². The van der Waals surface area contributed by atoms with Crippen molar-refractivity contribution in [3.05, 3.63) is 94.6 Å². The van der Waals surface area contributed by atoms with Gasteiger partial charge in [0.2, 0.25) is 5.82 Å². The Hall–Kier alpha value is -4.71. The number of benzene rings is 2. The lowest BCUT2D eigenvalue weighted by molar-refractivity contribution is -0.385. The maximum Gasteiger partial charge on any atom is 0.373 e. The number of imidazole rings is 1. The lowest BCUT2D eigenvalue weighted by atomic mass is 10.1. The summed E-state index contributed by atoms with van der Waals surface area (Å²) in [5.74, 6) is 0.325. The van der Waals surface area contributed by atoms with Gasteiger partial charge >= 0.3 is 11.6 Å². The van der Waals surface area contributed by atoms with Crippen molar-refractivity contribution in [1.29, 1.82) is 0 Å². The average molecular weight is 472 g/mol. The highest BCUT2D eigenvalue weighted by Gasteiger charge is 2.25. The van der Waals surface area contributed by atoms with Crippen LogP contribution in [0.4, 0.5) is 11.5 Å². The van der Waals surface area contributed by atoms with E-state index >= 15 is 0 Å². The standard InChI is InChI=1S/C22H16N8O3S/c31-30(32)20-21(24-11-15-1-3-16(4-2-15)19-12-34-28-27-19)25-13-26-22(20)33-18-7-5-17(6-8-18)29-10-9-23-14-29/h1-10,12-14H,11H2,(H,24,25,26). The molecule has 0 atom stereocenters. The van der Waals surface area contributed by atoms with E-state index in [4.69, 9.17) is 4.74 Å². The number of rotatable bonds is 8. The van der Waals surface area contributed by atoms with E-state index in [0.29, 0.717) is 12.3 Å². The van der Waals surface area contributed by atoms with E-state index < -0.39 is 4.92 Å².